The molecule has 0 aliphatic heterocycles. The Hall–Kier alpha value is -1.60. The summed E-state index contributed by atoms with van der Waals surface area (Å²) in [5.41, 5.74) is 2.96. The SMILES string of the molecule is CC[N+](Cc1ccccc1)(Cc1ccccc1)C1CCCCC1. The van der Waals surface area contributed by atoms with Gasteiger partial charge in [0.15, 0.2) is 0 Å². The molecule has 1 nitrogen and oxygen atoms in total. The van der Waals surface area contributed by atoms with Gasteiger partial charge in [0.1, 0.15) is 13.1 Å². The maximum Gasteiger partial charge on any atom is 0.105 e. The molecule has 23 heavy (non-hydrogen) atoms. The Morgan fingerprint density at radius 1 is 0.739 bits per heavy atom. The van der Waals surface area contributed by atoms with E-state index in [1.54, 1.807) is 0 Å². The summed E-state index contributed by atoms with van der Waals surface area (Å²) >= 11 is 0. The average Bonchev–Trinajstić information content (AvgIpc) is 2.63. The lowest BCUT2D eigenvalue weighted by molar-refractivity contribution is -0.975. The van der Waals surface area contributed by atoms with Crippen molar-refractivity contribution in [2.45, 2.75) is 58.2 Å². The molecule has 3 rings (SSSR count). The second-order valence-corrected chi connectivity index (χ2v) is 7.11. The van der Waals surface area contributed by atoms with Crippen LogP contribution in [0.5, 0.6) is 0 Å². The maximum absolute atomic E-state index is 2.39. The molecule has 0 unspecified atom stereocenters. The van der Waals surface area contributed by atoms with Crippen LogP contribution in [0.25, 0.3) is 0 Å². The number of hydrogen-bond acceptors (Lipinski definition) is 0. The third-order valence-electron chi connectivity index (χ3n) is 5.66. The van der Waals surface area contributed by atoms with Gasteiger partial charge in [0.25, 0.3) is 0 Å². The van der Waals surface area contributed by atoms with Gasteiger partial charge in [0.2, 0.25) is 0 Å². The molecule has 0 atom stereocenters. The van der Waals surface area contributed by atoms with Crippen LogP contribution in [0.1, 0.15) is 50.2 Å². The van der Waals surface area contributed by atoms with Crippen molar-refractivity contribution >= 4 is 0 Å². The Bertz CT molecular complexity index is 528. The van der Waals surface area contributed by atoms with E-state index in [0.717, 1.165) is 19.1 Å². The zero-order chi connectivity index (χ0) is 16.0. The molecule has 1 fully saturated rings. The minimum Gasteiger partial charge on any atom is -0.314 e. The van der Waals surface area contributed by atoms with Crippen LogP contribution in [0, 0.1) is 0 Å². The minimum absolute atomic E-state index is 0.814. The molecule has 0 amide bonds. The van der Waals surface area contributed by atoms with Crippen LogP contribution in [0.2, 0.25) is 0 Å². The van der Waals surface area contributed by atoms with Gasteiger partial charge >= 0.3 is 0 Å². The molecule has 1 saturated carbocycles. The fourth-order valence-electron chi connectivity index (χ4n) is 4.32. The average molecular weight is 308 g/mol. The van der Waals surface area contributed by atoms with Crippen molar-refractivity contribution in [3.63, 3.8) is 0 Å². The number of benzene rings is 2. The summed E-state index contributed by atoms with van der Waals surface area (Å²) in [7, 11) is 0. The summed E-state index contributed by atoms with van der Waals surface area (Å²) in [5, 5.41) is 0. The van der Waals surface area contributed by atoms with Gasteiger partial charge in [-0.05, 0) is 32.6 Å². The summed E-state index contributed by atoms with van der Waals surface area (Å²) in [6, 6.07) is 23.0. The van der Waals surface area contributed by atoms with E-state index in [9.17, 15) is 0 Å². The van der Waals surface area contributed by atoms with Crippen molar-refractivity contribution in [1.29, 1.82) is 0 Å². The van der Waals surface area contributed by atoms with Crippen LogP contribution >= 0.6 is 0 Å². The third kappa shape index (κ3) is 4.03. The maximum atomic E-state index is 2.39. The quantitative estimate of drug-likeness (QED) is 0.613. The number of hydrogen-bond donors (Lipinski definition) is 0. The molecule has 122 valence electrons. The lowest BCUT2D eigenvalue weighted by Crippen LogP contribution is -2.54. The lowest BCUT2D eigenvalue weighted by atomic mass is 9.90. The van der Waals surface area contributed by atoms with E-state index in [2.05, 4.69) is 67.6 Å². The van der Waals surface area contributed by atoms with Gasteiger partial charge in [-0.3, -0.25) is 0 Å². The molecule has 1 aliphatic carbocycles. The molecule has 0 N–H and O–H groups in total. The first-order valence-electron chi connectivity index (χ1n) is 9.26. The summed E-state index contributed by atoms with van der Waals surface area (Å²) in [4.78, 5) is 0. The Kier molecular flexibility index (Phi) is 5.51. The highest BCUT2D eigenvalue weighted by atomic mass is 15.4. The fraction of sp³-hybridized carbons (Fsp3) is 0.455. The van der Waals surface area contributed by atoms with Gasteiger partial charge in [-0.25, -0.2) is 0 Å². The van der Waals surface area contributed by atoms with Crippen molar-refractivity contribution in [1.82, 2.24) is 0 Å². The first kappa shape index (κ1) is 16.3. The molecule has 1 aliphatic rings. The van der Waals surface area contributed by atoms with Gasteiger partial charge in [-0.1, -0.05) is 67.1 Å². The Labute approximate surface area is 141 Å². The molecule has 2 aromatic rings. The first-order valence-corrected chi connectivity index (χ1v) is 9.26. The molecule has 1 heteroatoms. The predicted octanol–water partition coefficient (Wildman–Crippen LogP) is 5.56. The Morgan fingerprint density at radius 3 is 1.65 bits per heavy atom. The van der Waals surface area contributed by atoms with Crippen LogP contribution in [-0.2, 0) is 13.1 Å². The molecular weight excluding hydrogens is 278 g/mol. The summed E-state index contributed by atoms with van der Waals surface area (Å²) in [5.74, 6) is 0. The van der Waals surface area contributed by atoms with Crippen LogP contribution in [0.3, 0.4) is 0 Å². The van der Waals surface area contributed by atoms with E-state index >= 15 is 0 Å². The fourth-order valence-corrected chi connectivity index (χ4v) is 4.32. The summed E-state index contributed by atoms with van der Waals surface area (Å²) in [6.45, 7) is 5.93. The molecule has 0 aromatic heterocycles. The van der Waals surface area contributed by atoms with E-state index in [1.165, 1.54) is 54.3 Å². The van der Waals surface area contributed by atoms with Gasteiger partial charge in [-0.2, -0.15) is 0 Å². The molecule has 0 saturated heterocycles. The largest absolute Gasteiger partial charge is 0.314 e. The molecular formula is C22H30N+. The van der Waals surface area contributed by atoms with E-state index < -0.39 is 0 Å². The zero-order valence-electron chi connectivity index (χ0n) is 14.5. The van der Waals surface area contributed by atoms with E-state index in [4.69, 9.17) is 0 Å². The number of nitrogens with zero attached hydrogens (tertiary/aromatic N) is 1. The Morgan fingerprint density at radius 2 is 1.22 bits per heavy atom. The van der Waals surface area contributed by atoms with Crippen molar-refractivity contribution in [3.05, 3.63) is 71.8 Å². The predicted molar refractivity (Wildman–Crippen MR) is 98.0 cm³/mol. The standard InChI is InChI=1S/C22H30N/c1-2-23(22-16-10-5-11-17-22,18-20-12-6-3-7-13-20)19-21-14-8-4-9-15-21/h3-4,6-9,12-15,22H,2,5,10-11,16-19H2,1H3/q+1. The van der Waals surface area contributed by atoms with Crippen molar-refractivity contribution in [2.75, 3.05) is 6.54 Å². The normalized spacial score (nSPS) is 16.4. The highest BCUT2D eigenvalue weighted by Gasteiger charge is 2.36. The van der Waals surface area contributed by atoms with Crippen molar-refractivity contribution in [2.24, 2.45) is 0 Å². The first-order chi connectivity index (χ1) is 11.3. The summed E-state index contributed by atoms with van der Waals surface area (Å²) < 4.78 is 1.22. The van der Waals surface area contributed by atoms with Crippen LogP contribution in [-0.4, -0.2) is 17.1 Å². The van der Waals surface area contributed by atoms with Crippen LogP contribution in [0.15, 0.2) is 60.7 Å². The summed E-state index contributed by atoms with van der Waals surface area (Å²) in [6.07, 6.45) is 7.04. The highest BCUT2D eigenvalue weighted by molar-refractivity contribution is 5.15. The third-order valence-corrected chi connectivity index (χ3v) is 5.66. The van der Waals surface area contributed by atoms with Crippen LogP contribution in [0.4, 0.5) is 0 Å². The van der Waals surface area contributed by atoms with E-state index in [1.807, 2.05) is 0 Å². The molecule has 2 aromatic carbocycles. The minimum atomic E-state index is 0.814. The second-order valence-electron chi connectivity index (χ2n) is 7.11. The second kappa shape index (κ2) is 7.79. The van der Waals surface area contributed by atoms with Gasteiger partial charge in [0, 0.05) is 11.1 Å². The zero-order valence-corrected chi connectivity index (χ0v) is 14.5. The van der Waals surface area contributed by atoms with Crippen molar-refractivity contribution < 1.29 is 4.48 Å². The van der Waals surface area contributed by atoms with Crippen molar-refractivity contribution in [3.8, 4) is 0 Å². The highest BCUT2D eigenvalue weighted by Crippen LogP contribution is 2.32. The van der Waals surface area contributed by atoms with Gasteiger partial charge in [-0.15, -0.1) is 0 Å². The monoisotopic (exact) mass is 308 g/mol. The Balaban J connectivity index is 1.89. The topological polar surface area (TPSA) is 0 Å². The molecule has 0 heterocycles. The van der Waals surface area contributed by atoms with Gasteiger partial charge in [0.05, 0.1) is 12.6 Å². The molecule has 0 radical (unpaired) electrons. The van der Waals surface area contributed by atoms with Crippen LogP contribution < -0.4 is 0 Å². The smallest absolute Gasteiger partial charge is 0.105 e. The molecule has 0 spiro atoms. The number of rotatable bonds is 6. The van der Waals surface area contributed by atoms with E-state index in [-0.39, 0.29) is 0 Å². The van der Waals surface area contributed by atoms with Gasteiger partial charge < -0.3 is 4.48 Å². The molecule has 0 bridgehead atoms. The van der Waals surface area contributed by atoms with E-state index in [0.29, 0.717) is 0 Å². The lowest BCUT2D eigenvalue weighted by Gasteiger charge is -2.46. The number of quaternary nitrogens is 1.